The Morgan fingerprint density at radius 1 is 1.11 bits per heavy atom. The highest BCUT2D eigenvalue weighted by Gasteiger charge is 2.17. The van der Waals surface area contributed by atoms with Crippen LogP contribution in [-0.4, -0.2) is 6.66 Å². The Morgan fingerprint density at radius 3 is 2.50 bits per heavy atom. The third-order valence-corrected chi connectivity index (χ3v) is 3.90. The third kappa shape index (κ3) is 3.90. The summed E-state index contributed by atoms with van der Waals surface area (Å²) in [5.41, 5.74) is 0.756. The molecule has 0 unspecified atom stereocenters. The van der Waals surface area contributed by atoms with Crippen molar-refractivity contribution < 1.29 is 9.09 Å². The van der Waals surface area contributed by atoms with Crippen LogP contribution in [0.15, 0.2) is 59.1 Å². The van der Waals surface area contributed by atoms with E-state index in [1.165, 1.54) is 0 Å². The van der Waals surface area contributed by atoms with E-state index in [1.54, 1.807) is 18.8 Å². The maximum atomic E-state index is 12.3. The van der Waals surface area contributed by atoms with Crippen molar-refractivity contribution in [2.45, 2.75) is 0 Å². The summed E-state index contributed by atoms with van der Waals surface area (Å²) in [7, 11) is -2.93. The van der Waals surface area contributed by atoms with Crippen LogP contribution in [0.1, 0.15) is 0 Å². The average Bonchev–Trinajstić information content (AvgIpc) is 2.28. The lowest BCUT2D eigenvalue weighted by Crippen LogP contribution is -2.02. The van der Waals surface area contributed by atoms with Crippen molar-refractivity contribution in [3.63, 3.8) is 0 Å². The van der Waals surface area contributed by atoms with Crippen molar-refractivity contribution in [3.05, 3.63) is 59.1 Å². The number of hydrogen-bond acceptors (Lipinski definition) is 2. The summed E-state index contributed by atoms with van der Waals surface area (Å²) < 4.78 is 18.7. The summed E-state index contributed by atoms with van der Waals surface area (Å²) in [6, 6.07) is 16.6. The van der Waals surface area contributed by atoms with Gasteiger partial charge in [0.15, 0.2) is 0 Å². The summed E-state index contributed by atoms with van der Waals surface area (Å²) in [5, 5.41) is 2.91. The first kappa shape index (κ1) is 13.2. The van der Waals surface area contributed by atoms with Gasteiger partial charge in [-0.15, -0.1) is 0 Å². The Morgan fingerprint density at radius 2 is 1.83 bits per heavy atom. The van der Waals surface area contributed by atoms with Crippen LogP contribution in [0.4, 0.5) is 5.69 Å². The third-order valence-electron chi connectivity index (χ3n) is 2.18. The molecule has 0 aliphatic carbocycles. The molecule has 5 heteroatoms. The van der Waals surface area contributed by atoms with Gasteiger partial charge >= 0.3 is 7.52 Å². The highest BCUT2D eigenvalue weighted by Crippen LogP contribution is 2.43. The van der Waals surface area contributed by atoms with Gasteiger partial charge in [-0.1, -0.05) is 40.2 Å². The quantitative estimate of drug-likeness (QED) is 0.823. The highest BCUT2D eigenvalue weighted by atomic mass is 79.9. The van der Waals surface area contributed by atoms with Gasteiger partial charge in [-0.2, -0.15) is 0 Å². The van der Waals surface area contributed by atoms with Crippen molar-refractivity contribution in [2.24, 2.45) is 0 Å². The zero-order valence-electron chi connectivity index (χ0n) is 9.84. The lowest BCUT2D eigenvalue weighted by Gasteiger charge is -2.17. The number of hydrogen-bond donors (Lipinski definition) is 1. The summed E-state index contributed by atoms with van der Waals surface area (Å²) in [6.45, 7) is 1.56. The van der Waals surface area contributed by atoms with Crippen molar-refractivity contribution in [1.82, 2.24) is 0 Å². The smallest absolute Gasteiger partial charge is 0.338 e. The summed E-state index contributed by atoms with van der Waals surface area (Å²) >= 11 is 3.37. The molecule has 2 rings (SSSR count). The SMILES string of the molecule is C[P@](=O)(Nc1cccc(Br)c1)Oc1ccccc1. The Kier molecular flexibility index (Phi) is 4.10. The molecule has 0 bridgehead atoms. The van der Waals surface area contributed by atoms with E-state index in [0.29, 0.717) is 5.75 Å². The molecule has 0 radical (unpaired) electrons. The van der Waals surface area contributed by atoms with E-state index < -0.39 is 7.52 Å². The highest BCUT2D eigenvalue weighted by molar-refractivity contribution is 9.10. The first-order valence-corrected chi connectivity index (χ1v) is 8.28. The molecule has 0 heterocycles. The number of para-hydroxylation sites is 1. The Labute approximate surface area is 115 Å². The number of rotatable bonds is 4. The number of halogens is 1. The van der Waals surface area contributed by atoms with Gasteiger partial charge < -0.3 is 9.61 Å². The molecule has 0 amide bonds. The Bertz CT molecular complexity index is 574. The molecule has 3 nitrogen and oxygen atoms in total. The second kappa shape index (κ2) is 5.59. The second-order valence-corrected chi connectivity index (χ2v) is 6.89. The Balaban J connectivity index is 2.10. The fourth-order valence-electron chi connectivity index (χ4n) is 1.50. The monoisotopic (exact) mass is 325 g/mol. The van der Waals surface area contributed by atoms with Crippen LogP contribution in [0.2, 0.25) is 0 Å². The molecule has 0 aromatic heterocycles. The number of anilines is 1. The van der Waals surface area contributed by atoms with Crippen LogP contribution in [-0.2, 0) is 4.57 Å². The minimum atomic E-state index is -2.93. The molecule has 2 aromatic rings. The van der Waals surface area contributed by atoms with Crippen LogP contribution >= 0.6 is 23.4 Å². The molecular formula is C13H13BrNO2P. The van der Waals surface area contributed by atoms with Crippen LogP contribution in [0.5, 0.6) is 5.75 Å². The topological polar surface area (TPSA) is 38.3 Å². The number of nitrogens with one attached hydrogen (secondary N) is 1. The normalized spacial score (nSPS) is 13.7. The van der Waals surface area contributed by atoms with Gasteiger partial charge in [-0.25, -0.2) is 0 Å². The van der Waals surface area contributed by atoms with Crippen LogP contribution < -0.4 is 9.61 Å². The predicted octanol–water partition coefficient (Wildman–Crippen LogP) is 4.76. The lowest BCUT2D eigenvalue weighted by atomic mass is 10.3. The van der Waals surface area contributed by atoms with Gasteiger partial charge in [-0.05, 0) is 30.3 Å². The van der Waals surface area contributed by atoms with E-state index in [2.05, 4.69) is 21.0 Å². The zero-order valence-corrected chi connectivity index (χ0v) is 12.3. The average molecular weight is 326 g/mol. The molecule has 1 atom stereocenters. The molecule has 94 valence electrons. The van der Waals surface area contributed by atoms with E-state index in [9.17, 15) is 4.57 Å². The molecule has 0 saturated carbocycles. The molecule has 0 fully saturated rings. The van der Waals surface area contributed by atoms with Gasteiger partial charge in [0.1, 0.15) is 5.75 Å². The van der Waals surface area contributed by atoms with E-state index >= 15 is 0 Å². The number of benzene rings is 2. The fourth-order valence-corrected chi connectivity index (χ4v) is 3.07. The van der Waals surface area contributed by atoms with Crippen molar-refractivity contribution >= 4 is 29.1 Å². The summed E-state index contributed by atoms with van der Waals surface area (Å²) in [4.78, 5) is 0. The molecular weight excluding hydrogens is 313 g/mol. The molecule has 0 aliphatic rings. The van der Waals surface area contributed by atoms with Crippen molar-refractivity contribution in [1.29, 1.82) is 0 Å². The van der Waals surface area contributed by atoms with Crippen molar-refractivity contribution in [3.8, 4) is 5.75 Å². The molecule has 1 N–H and O–H groups in total. The van der Waals surface area contributed by atoms with E-state index in [4.69, 9.17) is 4.52 Å². The van der Waals surface area contributed by atoms with Gasteiger partial charge in [-0.3, -0.25) is 4.57 Å². The Hall–Kier alpha value is -1.25. The molecule has 0 aliphatic heterocycles. The predicted molar refractivity (Wildman–Crippen MR) is 78.4 cm³/mol. The first-order chi connectivity index (χ1) is 8.55. The van der Waals surface area contributed by atoms with E-state index in [-0.39, 0.29) is 0 Å². The zero-order chi connectivity index (χ0) is 13.0. The first-order valence-electron chi connectivity index (χ1n) is 5.41. The molecule has 18 heavy (non-hydrogen) atoms. The standard InChI is InChI=1S/C13H13BrNO2P/c1-18(16,17-13-8-3-2-4-9-13)15-12-7-5-6-11(14)10-12/h2-10H,1H3,(H,15,16)/t18-/m1/s1. The minimum absolute atomic E-state index is 0.589. The summed E-state index contributed by atoms with van der Waals surface area (Å²) in [6.07, 6.45) is 0. The maximum Gasteiger partial charge on any atom is 0.338 e. The van der Waals surface area contributed by atoms with E-state index in [0.717, 1.165) is 10.2 Å². The lowest BCUT2D eigenvalue weighted by molar-refractivity contribution is 0.493. The second-order valence-electron chi connectivity index (χ2n) is 3.87. The fraction of sp³-hybridized carbons (Fsp3) is 0.0769. The maximum absolute atomic E-state index is 12.3. The van der Waals surface area contributed by atoms with Crippen LogP contribution in [0.3, 0.4) is 0 Å². The minimum Gasteiger partial charge on any atom is -0.429 e. The van der Waals surface area contributed by atoms with E-state index in [1.807, 2.05) is 42.5 Å². The molecule has 0 spiro atoms. The van der Waals surface area contributed by atoms with Crippen molar-refractivity contribution in [2.75, 3.05) is 11.8 Å². The van der Waals surface area contributed by atoms with Crippen LogP contribution in [0.25, 0.3) is 0 Å². The van der Waals surface area contributed by atoms with Gasteiger partial charge in [0.05, 0.1) is 0 Å². The van der Waals surface area contributed by atoms with Gasteiger partial charge in [0.25, 0.3) is 0 Å². The molecule has 0 saturated heterocycles. The largest absolute Gasteiger partial charge is 0.429 e. The van der Waals surface area contributed by atoms with Gasteiger partial charge in [0, 0.05) is 16.8 Å². The van der Waals surface area contributed by atoms with Crippen LogP contribution in [0, 0.1) is 0 Å². The molecule has 2 aromatic carbocycles. The summed E-state index contributed by atoms with van der Waals surface area (Å²) in [5.74, 6) is 0.589. The van der Waals surface area contributed by atoms with Gasteiger partial charge in [0.2, 0.25) is 0 Å².